The van der Waals surface area contributed by atoms with E-state index in [1.54, 1.807) is 18.2 Å². The molecule has 4 heterocycles. The van der Waals surface area contributed by atoms with Crippen LogP contribution in [-0.4, -0.2) is 91.2 Å². The number of hydrogen-bond acceptors (Lipinski definition) is 7. The summed E-state index contributed by atoms with van der Waals surface area (Å²) >= 11 is 0. The summed E-state index contributed by atoms with van der Waals surface area (Å²) in [6.07, 6.45) is 4.21. The molecule has 0 unspecified atom stereocenters. The molecule has 9 heteroatoms. The van der Waals surface area contributed by atoms with Crippen molar-refractivity contribution in [2.75, 3.05) is 57.9 Å². The molecule has 0 radical (unpaired) electrons. The average Bonchev–Trinajstić information content (AvgIpc) is 3.66. The van der Waals surface area contributed by atoms with Crippen LogP contribution >= 0.6 is 0 Å². The normalized spacial score (nSPS) is 17.7. The Labute approximate surface area is 233 Å². The molecule has 0 saturated carbocycles. The summed E-state index contributed by atoms with van der Waals surface area (Å²) in [5, 5.41) is 10.2. The van der Waals surface area contributed by atoms with Gasteiger partial charge in [0.15, 0.2) is 0 Å². The highest BCUT2D eigenvalue weighted by molar-refractivity contribution is 5.97. The number of H-pyrrole nitrogens is 1. The number of carbonyl (C=O) groups is 1. The molecule has 9 nitrogen and oxygen atoms in total. The number of pyridine rings is 1. The van der Waals surface area contributed by atoms with Crippen molar-refractivity contribution >= 4 is 28.8 Å². The third kappa shape index (κ3) is 5.30. The Kier molecular flexibility index (Phi) is 7.48. The minimum absolute atomic E-state index is 0.125. The van der Waals surface area contributed by atoms with E-state index in [-0.39, 0.29) is 12.0 Å². The number of aliphatic hydroxyl groups is 1. The number of fused-ring (bicyclic) bond motifs is 1. The maximum atomic E-state index is 11.8. The predicted octanol–water partition coefficient (Wildman–Crippen LogP) is 3.75. The number of anilines is 1. The van der Waals surface area contributed by atoms with Gasteiger partial charge in [0.2, 0.25) is 5.91 Å². The summed E-state index contributed by atoms with van der Waals surface area (Å²) in [5.74, 6) is 0.454. The number of aliphatic imine (C=N–C) groups is 1. The Bertz CT molecular complexity index is 1520. The molecule has 4 aromatic rings. The first kappa shape index (κ1) is 26.0. The van der Waals surface area contributed by atoms with Crippen LogP contribution in [0.3, 0.4) is 0 Å². The molecule has 2 N–H and O–H groups in total. The Balaban J connectivity index is 1.26. The fourth-order valence-corrected chi connectivity index (χ4v) is 5.50. The Morgan fingerprint density at radius 3 is 2.70 bits per heavy atom. The fraction of sp³-hybridized carbons (Fsp3) is 0.323. The number of benzene rings is 2. The lowest BCUT2D eigenvalue weighted by molar-refractivity contribution is -0.133. The molecule has 1 amide bonds. The quantitative estimate of drug-likeness (QED) is 0.347. The van der Waals surface area contributed by atoms with E-state index in [0.29, 0.717) is 13.1 Å². The minimum atomic E-state index is -0.476. The van der Waals surface area contributed by atoms with Gasteiger partial charge >= 0.3 is 0 Å². The number of rotatable bonds is 7. The van der Waals surface area contributed by atoms with Crippen molar-refractivity contribution in [3.8, 4) is 28.1 Å². The van der Waals surface area contributed by atoms with Gasteiger partial charge in [-0.15, -0.1) is 0 Å². The van der Waals surface area contributed by atoms with Crippen LogP contribution < -0.4 is 9.64 Å². The van der Waals surface area contributed by atoms with Crippen LogP contribution in [0.1, 0.15) is 12.0 Å². The lowest BCUT2D eigenvalue weighted by Gasteiger charge is -2.28. The van der Waals surface area contributed by atoms with Gasteiger partial charge in [0.1, 0.15) is 24.1 Å². The second-order valence-electron chi connectivity index (χ2n) is 10.1. The van der Waals surface area contributed by atoms with Crippen LogP contribution in [0, 0.1) is 0 Å². The molecule has 2 aliphatic rings. The molecule has 0 spiro atoms. The molecular weight excluding hydrogens is 506 g/mol. The Hall–Kier alpha value is -4.21. The molecule has 206 valence electrons. The number of morpholine rings is 1. The summed E-state index contributed by atoms with van der Waals surface area (Å²) in [6, 6.07) is 18.9. The molecule has 2 saturated heterocycles. The summed E-state index contributed by atoms with van der Waals surface area (Å²) in [6.45, 7) is 3.93. The SMILES string of the molecule is CN=Cc1cc(-c2ccnc3[nH]c(-c4ccc(N5CCOCC5)cc4)cc23)ccc1O[C@@H]1CCN(C(=O)CO)C1. The maximum Gasteiger partial charge on any atom is 0.248 e. The Morgan fingerprint density at radius 1 is 1.12 bits per heavy atom. The fourth-order valence-electron chi connectivity index (χ4n) is 5.50. The van der Waals surface area contributed by atoms with Gasteiger partial charge in [-0.1, -0.05) is 18.2 Å². The van der Waals surface area contributed by atoms with Gasteiger partial charge in [0.05, 0.1) is 19.8 Å². The molecule has 0 aliphatic carbocycles. The van der Waals surface area contributed by atoms with Crippen molar-refractivity contribution in [2.45, 2.75) is 12.5 Å². The van der Waals surface area contributed by atoms with E-state index in [0.717, 1.165) is 77.5 Å². The molecule has 1 atom stereocenters. The number of hydrogen-bond donors (Lipinski definition) is 2. The van der Waals surface area contributed by atoms with Crippen molar-refractivity contribution in [2.24, 2.45) is 4.99 Å². The molecule has 2 aliphatic heterocycles. The molecule has 6 rings (SSSR count). The highest BCUT2D eigenvalue weighted by Gasteiger charge is 2.27. The first-order chi connectivity index (χ1) is 19.6. The smallest absolute Gasteiger partial charge is 0.248 e. The van der Waals surface area contributed by atoms with Crippen LogP contribution in [0.15, 0.2) is 65.8 Å². The van der Waals surface area contributed by atoms with Gasteiger partial charge in [-0.2, -0.15) is 0 Å². The van der Waals surface area contributed by atoms with Crippen molar-refractivity contribution in [3.05, 3.63) is 66.4 Å². The van der Waals surface area contributed by atoms with E-state index in [1.807, 2.05) is 24.4 Å². The molecule has 2 fully saturated rings. The zero-order valence-corrected chi connectivity index (χ0v) is 22.5. The lowest BCUT2D eigenvalue weighted by Crippen LogP contribution is -2.36. The average molecular weight is 540 g/mol. The van der Waals surface area contributed by atoms with Gasteiger partial charge < -0.3 is 29.4 Å². The second-order valence-corrected chi connectivity index (χ2v) is 10.1. The van der Waals surface area contributed by atoms with Gasteiger partial charge in [0.25, 0.3) is 0 Å². The van der Waals surface area contributed by atoms with E-state index in [9.17, 15) is 4.79 Å². The zero-order chi connectivity index (χ0) is 27.5. The summed E-state index contributed by atoms with van der Waals surface area (Å²) < 4.78 is 11.8. The number of amides is 1. The highest BCUT2D eigenvalue weighted by atomic mass is 16.5. The van der Waals surface area contributed by atoms with Gasteiger partial charge in [0, 0.05) is 67.8 Å². The molecule has 40 heavy (non-hydrogen) atoms. The van der Waals surface area contributed by atoms with Crippen molar-refractivity contribution in [1.29, 1.82) is 0 Å². The predicted molar refractivity (Wildman–Crippen MR) is 156 cm³/mol. The second kappa shape index (κ2) is 11.5. The monoisotopic (exact) mass is 539 g/mol. The number of aliphatic hydroxyl groups excluding tert-OH is 1. The number of nitrogens with zero attached hydrogens (tertiary/aromatic N) is 4. The number of likely N-dealkylation sites (tertiary alicyclic amines) is 1. The topological polar surface area (TPSA) is 103 Å². The number of aromatic nitrogens is 2. The summed E-state index contributed by atoms with van der Waals surface area (Å²) in [4.78, 5) is 28.2. The first-order valence-electron chi connectivity index (χ1n) is 13.7. The lowest BCUT2D eigenvalue weighted by atomic mass is 10.0. The van der Waals surface area contributed by atoms with Crippen molar-refractivity contribution < 1.29 is 19.4 Å². The standard InChI is InChI=1S/C31H33N5O4/c1-32-18-23-16-22(4-7-29(23)40-25-9-11-36(19-25)30(38)20-37)26-8-10-33-31-27(26)17-28(34-31)21-2-5-24(6-3-21)35-12-14-39-15-13-35/h2-8,10,16-18,25,37H,9,11-15,19-20H2,1H3,(H,33,34)/t25-/m1/s1. The number of carbonyl (C=O) groups excluding carboxylic acids is 1. The zero-order valence-electron chi connectivity index (χ0n) is 22.5. The number of ether oxygens (including phenoxy) is 2. The number of aromatic amines is 1. The summed E-state index contributed by atoms with van der Waals surface area (Å²) in [5.41, 5.74) is 7.12. The minimum Gasteiger partial charge on any atom is -0.488 e. The summed E-state index contributed by atoms with van der Waals surface area (Å²) in [7, 11) is 1.74. The Morgan fingerprint density at radius 2 is 1.93 bits per heavy atom. The van der Waals surface area contributed by atoms with Gasteiger partial charge in [-0.05, 0) is 53.1 Å². The molecule has 2 aromatic heterocycles. The maximum absolute atomic E-state index is 11.8. The first-order valence-corrected chi connectivity index (χ1v) is 13.7. The van der Waals surface area contributed by atoms with E-state index >= 15 is 0 Å². The number of nitrogens with one attached hydrogen (secondary N) is 1. The van der Waals surface area contributed by atoms with E-state index in [1.165, 1.54) is 5.69 Å². The molecular formula is C31H33N5O4. The van der Waals surface area contributed by atoms with Crippen molar-refractivity contribution in [1.82, 2.24) is 14.9 Å². The van der Waals surface area contributed by atoms with Crippen LogP contribution in [0.5, 0.6) is 5.75 Å². The van der Waals surface area contributed by atoms with Crippen LogP contribution in [0.25, 0.3) is 33.4 Å². The van der Waals surface area contributed by atoms with E-state index < -0.39 is 6.61 Å². The van der Waals surface area contributed by atoms with Crippen LogP contribution in [0.2, 0.25) is 0 Å². The van der Waals surface area contributed by atoms with E-state index in [2.05, 4.69) is 56.3 Å². The van der Waals surface area contributed by atoms with Crippen LogP contribution in [-0.2, 0) is 9.53 Å². The van der Waals surface area contributed by atoms with E-state index in [4.69, 9.17) is 14.6 Å². The van der Waals surface area contributed by atoms with Gasteiger partial charge in [-0.3, -0.25) is 9.79 Å². The third-order valence-electron chi connectivity index (χ3n) is 7.60. The van der Waals surface area contributed by atoms with Crippen molar-refractivity contribution in [3.63, 3.8) is 0 Å². The molecule has 2 aromatic carbocycles. The molecule has 0 bridgehead atoms. The van der Waals surface area contributed by atoms with Crippen LogP contribution in [0.4, 0.5) is 5.69 Å². The van der Waals surface area contributed by atoms with Gasteiger partial charge in [-0.25, -0.2) is 4.98 Å². The largest absolute Gasteiger partial charge is 0.488 e. The third-order valence-corrected chi connectivity index (χ3v) is 7.60. The highest BCUT2D eigenvalue weighted by Crippen LogP contribution is 2.34.